The Kier molecular flexibility index (Phi) is 3.56. The van der Waals surface area contributed by atoms with E-state index in [1.807, 2.05) is 0 Å². The molecule has 0 radical (unpaired) electrons. The van der Waals surface area contributed by atoms with Crippen molar-refractivity contribution in [2.75, 3.05) is 16.8 Å². The van der Waals surface area contributed by atoms with Crippen molar-refractivity contribution in [1.82, 2.24) is 0 Å². The highest BCUT2D eigenvalue weighted by Gasteiger charge is 2.33. The van der Waals surface area contributed by atoms with Crippen LogP contribution >= 0.6 is 15.9 Å². The van der Waals surface area contributed by atoms with Gasteiger partial charge in [0.1, 0.15) is 11.4 Å². The van der Waals surface area contributed by atoms with Crippen LogP contribution < -0.4 is 4.90 Å². The lowest BCUT2D eigenvalue weighted by Gasteiger charge is -2.19. The lowest BCUT2D eigenvalue weighted by atomic mass is 10.1. The summed E-state index contributed by atoms with van der Waals surface area (Å²) >= 11 is 3.31. The van der Waals surface area contributed by atoms with Gasteiger partial charge in [-0.05, 0) is 18.1 Å². The molecule has 1 unspecified atom stereocenters. The standard InChI is InChI=1S/C12H12BrNO4/c13-5-7-4-10(16)14(6-7)11-8(12(17)18)2-1-3-9(11)15/h1-3,7,15H,4-6H2,(H,17,18). The van der Waals surface area contributed by atoms with Crippen LogP contribution in [0.4, 0.5) is 5.69 Å². The van der Waals surface area contributed by atoms with E-state index in [0.717, 1.165) is 0 Å². The van der Waals surface area contributed by atoms with E-state index >= 15 is 0 Å². The number of benzene rings is 1. The number of aromatic hydroxyl groups is 1. The minimum absolute atomic E-state index is 0.0569. The number of para-hydroxylation sites is 1. The third kappa shape index (κ3) is 2.20. The number of hydrogen-bond acceptors (Lipinski definition) is 3. The highest BCUT2D eigenvalue weighted by molar-refractivity contribution is 9.09. The van der Waals surface area contributed by atoms with Gasteiger partial charge in [-0.1, -0.05) is 22.0 Å². The van der Waals surface area contributed by atoms with Crippen molar-refractivity contribution in [2.24, 2.45) is 5.92 Å². The van der Waals surface area contributed by atoms with Gasteiger partial charge in [0.25, 0.3) is 0 Å². The van der Waals surface area contributed by atoms with Gasteiger partial charge in [-0.25, -0.2) is 4.79 Å². The molecular formula is C12H12BrNO4. The fraction of sp³-hybridized carbons (Fsp3) is 0.333. The molecule has 6 heteroatoms. The second-order valence-electron chi connectivity index (χ2n) is 4.21. The van der Waals surface area contributed by atoms with Crippen molar-refractivity contribution in [2.45, 2.75) is 6.42 Å². The molecule has 0 saturated carbocycles. The predicted octanol–water partition coefficient (Wildman–Crippen LogP) is 1.84. The third-order valence-electron chi connectivity index (χ3n) is 2.94. The van der Waals surface area contributed by atoms with Crippen molar-refractivity contribution in [3.8, 4) is 5.75 Å². The summed E-state index contributed by atoms with van der Waals surface area (Å²) in [6, 6.07) is 4.22. The number of halogens is 1. The van der Waals surface area contributed by atoms with Gasteiger partial charge >= 0.3 is 5.97 Å². The molecule has 0 aliphatic carbocycles. The van der Waals surface area contributed by atoms with E-state index in [2.05, 4.69) is 15.9 Å². The fourth-order valence-electron chi connectivity index (χ4n) is 2.09. The van der Waals surface area contributed by atoms with Crippen LogP contribution in [-0.2, 0) is 4.79 Å². The first kappa shape index (κ1) is 12.9. The van der Waals surface area contributed by atoms with Crippen LogP contribution in [0, 0.1) is 5.92 Å². The molecule has 1 atom stereocenters. The zero-order valence-electron chi connectivity index (χ0n) is 9.47. The highest BCUT2D eigenvalue weighted by Crippen LogP contribution is 2.35. The van der Waals surface area contributed by atoms with Crippen LogP contribution in [0.25, 0.3) is 0 Å². The number of anilines is 1. The molecule has 1 aromatic carbocycles. The van der Waals surface area contributed by atoms with E-state index in [-0.39, 0.29) is 28.8 Å². The predicted molar refractivity (Wildman–Crippen MR) is 69.3 cm³/mol. The fourth-order valence-corrected chi connectivity index (χ4v) is 2.52. The number of amides is 1. The van der Waals surface area contributed by atoms with Crippen molar-refractivity contribution >= 4 is 33.5 Å². The molecule has 96 valence electrons. The van der Waals surface area contributed by atoms with Crippen molar-refractivity contribution in [3.05, 3.63) is 23.8 Å². The Morgan fingerprint density at radius 1 is 1.50 bits per heavy atom. The summed E-state index contributed by atoms with van der Waals surface area (Å²) in [7, 11) is 0. The molecule has 1 aliphatic rings. The third-order valence-corrected chi connectivity index (χ3v) is 3.85. The monoisotopic (exact) mass is 313 g/mol. The minimum atomic E-state index is -1.16. The van der Waals surface area contributed by atoms with Crippen LogP contribution in [0.1, 0.15) is 16.8 Å². The molecule has 18 heavy (non-hydrogen) atoms. The van der Waals surface area contributed by atoms with E-state index in [4.69, 9.17) is 5.11 Å². The van der Waals surface area contributed by atoms with Crippen LogP contribution in [0.15, 0.2) is 18.2 Å². The molecule has 0 bridgehead atoms. The summed E-state index contributed by atoms with van der Waals surface area (Å²) < 4.78 is 0. The number of carboxylic acids is 1. The first-order valence-corrected chi connectivity index (χ1v) is 6.58. The summed E-state index contributed by atoms with van der Waals surface area (Å²) in [5.41, 5.74) is 0.0389. The summed E-state index contributed by atoms with van der Waals surface area (Å²) in [4.78, 5) is 24.4. The maximum absolute atomic E-state index is 11.9. The number of nitrogens with zero attached hydrogens (tertiary/aromatic N) is 1. The molecule has 2 rings (SSSR count). The smallest absolute Gasteiger partial charge is 0.337 e. The highest BCUT2D eigenvalue weighted by atomic mass is 79.9. The van der Waals surface area contributed by atoms with Crippen LogP contribution in [-0.4, -0.2) is 34.0 Å². The van der Waals surface area contributed by atoms with Gasteiger partial charge in [0, 0.05) is 18.3 Å². The number of carbonyl (C=O) groups is 2. The van der Waals surface area contributed by atoms with Gasteiger partial charge in [0.15, 0.2) is 0 Å². The van der Waals surface area contributed by atoms with Crippen LogP contribution in [0.2, 0.25) is 0 Å². The van der Waals surface area contributed by atoms with Crippen molar-refractivity contribution < 1.29 is 19.8 Å². The maximum Gasteiger partial charge on any atom is 0.337 e. The molecule has 1 heterocycles. The molecular weight excluding hydrogens is 302 g/mol. The average Bonchev–Trinajstić information content (AvgIpc) is 2.70. The number of aromatic carboxylic acids is 1. The van der Waals surface area contributed by atoms with Crippen LogP contribution in [0.3, 0.4) is 0 Å². The minimum Gasteiger partial charge on any atom is -0.506 e. The first-order chi connectivity index (χ1) is 8.54. The molecule has 0 aromatic heterocycles. The number of carboxylic acid groups (broad SMARTS) is 1. The van der Waals surface area contributed by atoms with Gasteiger partial charge in [0.2, 0.25) is 5.91 Å². The Labute approximate surface area is 112 Å². The number of alkyl halides is 1. The van der Waals surface area contributed by atoms with Gasteiger partial charge in [-0.3, -0.25) is 4.79 Å². The average molecular weight is 314 g/mol. The quantitative estimate of drug-likeness (QED) is 0.835. The van der Waals surface area contributed by atoms with Gasteiger partial charge in [0.05, 0.1) is 5.56 Å². The molecule has 5 nitrogen and oxygen atoms in total. The maximum atomic E-state index is 11.9. The molecule has 2 N–H and O–H groups in total. The Bertz CT molecular complexity index is 503. The van der Waals surface area contributed by atoms with Gasteiger partial charge < -0.3 is 15.1 Å². The van der Waals surface area contributed by atoms with Gasteiger partial charge in [-0.15, -0.1) is 0 Å². The molecule has 1 aromatic rings. The molecule has 1 aliphatic heterocycles. The number of phenols is 1. The summed E-state index contributed by atoms with van der Waals surface area (Å²) in [6.45, 7) is 0.419. The van der Waals surface area contributed by atoms with Crippen molar-refractivity contribution in [1.29, 1.82) is 0 Å². The Hall–Kier alpha value is -1.56. The van der Waals surface area contributed by atoms with E-state index < -0.39 is 5.97 Å². The van der Waals surface area contributed by atoms with E-state index in [1.165, 1.54) is 23.1 Å². The van der Waals surface area contributed by atoms with Crippen LogP contribution in [0.5, 0.6) is 5.75 Å². The normalized spacial score (nSPS) is 19.3. The Morgan fingerprint density at radius 3 is 2.78 bits per heavy atom. The Morgan fingerprint density at radius 2 is 2.22 bits per heavy atom. The summed E-state index contributed by atoms with van der Waals surface area (Å²) in [6.07, 6.45) is 0.360. The number of hydrogen-bond donors (Lipinski definition) is 2. The zero-order chi connectivity index (χ0) is 13.3. The second-order valence-corrected chi connectivity index (χ2v) is 4.85. The SMILES string of the molecule is O=C(O)c1cccc(O)c1N1CC(CBr)CC1=O. The van der Waals surface area contributed by atoms with Crippen molar-refractivity contribution in [3.63, 3.8) is 0 Å². The van der Waals surface area contributed by atoms with E-state index in [9.17, 15) is 14.7 Å². The molecule has 1 saturated heterocycles. The lowest BCUT2D eigenvalue weighted by Crippen LogP contribution is -2.26. The summed E-state index contributed by atoms with van der Waals surface area (Å²) in [5.74, 6) is -1.36. The molecule has 0 spiro atoms. The second kappa shape index (κ2) is 4.97. The largest absolute Gasteiger partial charge is 0.506 e. The van der Waals surface area contributed by atoms with E-state index in [1.54, 1.807) is 0 Å². The lowest BCUT2D eigenvalue weighted by molar-refractivity contribution is -0.117. The Balaban J connectivity index is 2.45. The summed E-state index contributed by atoms with van der Waals surface area (Å²) in [5, 5.41) is 19.6. The van der Waals surface area contributed by atoms with Gasteiger partial charge in [-0.2, -0.15) is 0 Å². The molecule has 1 fully saturated rings. The number of rotatable bonds is 3. The zero-order valence-corrected chi connectivity index (χ0v) is 11.1. The number of phenolic OH excluding ortho intramolecular Hbond substituents is 1. The number of carbonyl (C=O) groups excluding carboxylic acids is 1. The van der Waals surface area contributed by atoms with E-state index in [0.29, 0.717) is 18.3 Å². The first-order valence-electron chi connectivity index (χ1n) is 5.46. The molecule has 1 amide bonds. The topological polar surface area (TPSA) is 77.8 Å².